The predicted molar refractivity (Wildman–Crippen MR) is 391 cm³/mol. The van der Waals surface area contributed by atoms with Gasteiger partial charge in [-0.2, -0.15) is 92.5 Å². The Labute approximate surface area is 843 Å². The Morgan fingerprint density at radius 1 is 0.322 bits per heavy atom. The fourth-order valence-corrected chi connectivity index (χ4v) is 14.5. The summed E-state index contributed by atoms with van der Waals surface area (Å²) in [7, 11) is -21.3. The van der Waals surface area contributed by atoms with Crippen molar-refractivity contribution in [3.63, 3.8) is 0 Å². The first-order valence-corrected chi connectivity index (χ1v) is 39.8. The van der Waals surface area contributed by atoms with Crippen LogP contribution in [0.4, 0.5) is 129 Å². The van der Waals surface area contributed by atoms with Crippen LogP contribution in [0, 0.1) is 224 Å². The summed E-state index contributed by atoms with van der Waals surface area (Å²) in [5.41, 5.74) is 0. The fourth-order valence-electron chi connectivity index (χ4n) is 14.5. The van der Waals surface area contributed by atoms with Gasteiger partial charge in [0.1, 0.15) is 6.10 Å². The van der Waals surface area contributed by atoms with E-state index < -0.39 is 109 Å². The number of hydrogen-bond donors (Lipinski definition) is 3. The van der Waals surface area contributed by atoms with Crippen molar-refractivity contribution in [2.45, 2.75) is 367 Å². The molecule has 1 heterocycles. The van der Waals surface area contributed by atoms with Gasteiger partial charge in [-0.05, 0) is 132 Å². The second-order valence-corrected chi connectivity index (χ2v) is 32.6. The quantitative estimate of drug-likeness (QED) is 0.0221. The molecule has 118 heavy (non-hydrogen) atoms. The molecular weight excluding hydrogens is 1880 g/mol. The maximum absolute atomic E-state index is 13.8. The van der Waals surface area contributed by atoms with Crippen LogP contribution >= 0.6 is 29.1 Å². The van der Waals surface area contributed by atoms with Gasteiger partial charge < -0.3 is 48.1 Å². The van der Waals surface area contributed by atoms with Crippen molar-refractivity contribution in [2.24, 2.45) is 35.5 Å². The summed E-state index contributed by atoms with van der Waals surface area (Å²) in [6.45, 7) is 9.28. The van der Waals surface area contributed by atoms with E-state index in [9.17, 15) is 140 Å². The van der Waals surface area contributed by atoms with Gasteiger partial charge in [0.25, 0.3) is 0 Å². The van der Waals surface area contributed by atoms with Crippen LogP contribution in [0.3, 0.4) is 0 Å². The van der Waals surface area contributed by atoms with Gasteiger partial charge in [-0.3, -0.25) is 0 Å². The standard InChI is InChI=1S/C32H51F9O5.C24H43O3.C8H9F9O2.5CH4.5Ar.2F6P.2H2S/c1-4-20-7-10-23(42)26(17-20)46-28-19-22(6-3)9-12-25(28)45-27-18-21(5-2)8-11-24(27)44-16-15-43-14-13-29(33,34)30(35,36)31(37,38)32(39,40)41;1-4-16-7-10-19(25)20(13-16)26-21-14-17(5-2)8-11-22(21)27-23-12-9-18(6-3)15-24(23)27;9-5(10,1-3-19-4-2-18)6(11,12)7(13,14)8(15,16)17;;;;;;;;;;;2*1-7(2,3,4,5)6;;/h20-28,42H,4-19H2,1-3H3;16-25H,4-15H2,1-3H3;18H,1-4H2;5*1H4;;;;;;;;2*1H2/q;+1;;;;;;;;;;;;2*-1;;/p+3. The Morgan fingerprint density at radius 3 is 0.915 bits per heavy atom. The fraction of sp³-hybridized carbons (Fsp3) is 1.00. The molecule has 1 saturated heterocycles. The Morgan fingerprint density at radius 2 is 0.585 bits per heavy atom. The molecule has 0 amide bonds. The molecule has 0 aromatic carbocycles. The van der Waals surface area contributed by atoms with E-state index in [2.05, 4.69) is 50.6 Å². The van der Waals surface area contributed by atoms with Crippen molar-refractivity contribution < 1.29 is 369 Å². The van der Waals surface area contributed by atoms with Crippen LogP contribution in [-0.2, 0) is 46.3 Å². The molecule has 0 bridgehead atoms. The zero-order valence-corrected chi connectivity index (χ0v) is 69.8. The number of alkyl halides is 18. The zero-order chi connectivity index (χ0) is 81.7. The smallest absolute Gasteiger partial charge is 0.394 e. The van der Waals surface area contributed by atoms with Crippen molar-refractivity contribution in [3.8, 4) is 0 Å². The molecule has 18 unspecified atom stereocenters. The van der Waals surface area contributed by atoms with Gasteiger partial charge in [0.15, 0.2) is 6.10 Å². The van der Waals surface area contributed by atoms with Crippen LogP contribution < -0.4 is 0 Å². The van der Waals surface area contributed by atoms with E-state index in [4.69, 9.17) is 28.8 Å². The van der Waals surface area contributed by atoms with Crippen LogP contribution in [0.25, 0.3) is 0 Å². The topological polar surface area (TPSA) is 119 Å². The van der Waals surface area contributed by atoms with Gasteiger partial charge in [0.05, 0.1) is 88.5 Å². The summed E-state index contributed by atoms with van der Waals surface area (Å²) in [4.78, 5) is 0. The van der Waals surface area contributed by atoms with Crippen LogP contribution in [0.2, 0.25) is 0 Å². The number of rotatable bonds is 29. The molecular formula is C69H130Ar5F30O10P2S2+2. The summed E-state index contributed by atoms with van der Waals surface area (Å²) in [5, 5.41) is 29.5. The van der Waals surface area contributed by atoms with E-state index in [0.717, 1.165) is 107 Å². The number of halogens is 30. The van der Waals surface area contributed by atoms with Crippen LogP contribution in [0.5, 0.6) is 0 Å². The molecule has 6 saturated carbocycles. The summed E-state index contributed by atoms with van der Waals surface area (Å²) in [6, 6.07) is 0. The van der Waals surface area contributed by atoms with Crippen molar-refractivity contribution in [3.05, 3.63) is 0 Å². The largest absolute Gasteiger partial charge is 1.00 e. The molecule has 0 aromatic rings. The molecule has 18 atom stereocenters. The minimum absolute atomic E-state index is 0. The molecule has 7 fully saturated rings. The minimum atomic E-state index is -10.7. The van der Waals surface area contributed by atoms with E-state index >= 15 is 0 Å². The molecule has 0 aromatic heterocycles. The predicted octanol–water partition coefficient (Wildman–Crippen LogP) is 26.5. The summed E-state index contributed by atoms with van der Waals surface area (Å²) in [5.74, 6) is -34.5. The first-order valence-electron chi connectivity index (χ1n) is 35.8. The van der Waals surface area contributed by atoms with Crippen molar-refractivity contribution in [2.75, 3.05) is 39.6 Å². The van der Waals surface area contributed by atoms with E-state index in [0.29, 0.717) is 42.8 Å². The Balaban J connectivity index is -0.000000136. The van der Waals surface area contributed by atoms with Gasteiger partial charge in [0.2, 0.25) is 12.2 Å². The van der Waals surface area contributed by atoms with E-state index in [1.54, 1.807) is 0 Å². The Bertz CT molecular complexity index is 2590. The zero-order valence-electron chi connectivity index (χ0n) is 64.3. The second-order valence-electron chi connectivity index (χ2n) is 28.8. The summed E-state index contributed by atoms with van der Waals surface area (Å²) < 4.78 is 386. The maximum Gasteiger partial charge on any atom is 1.00 e. The SMILES string of the molecule is C.C.C.C.C.CCC1CCC(O)C(OC2CC(CC)CCC2OC2CC(CC)CCC2OCCOCCC(F)(F)C(F)(F)C(F)(F)C(F)(F)F)C1.CCC1CCC(O)C(OC2CC(CC)CCC2[O+]2C3CCC(CC)CC32)C1.F[P-](F)(F)(F)(F)F.F[P-](F)(F)(F)(F)F.OCCOCCC(F)(F)C(F)(F)C(F)(F)C(F)(F)F.S.[Ar].[Ar].[Ar].[Ar].[Ar].[H+].[H+].[SH3+]. The third-order valence-electron chi connectivity index (χ3n) is 20.9. The molecule has 6 aliphatic carbocycles. The third kappa shape index (κ3) is 49.6. The summed E-state index contributed by atoms with van der Waals surface area (Å²) in [6.07, 6.45) is 7.89. The third-order valence-corrected chi connectivity index (χ3v) is 20.9. The van der Waals surface area contributed by atoms with Crippen molar-refractivity contribution in [1.82, 2.24) is 0 Å². The van der Waals surface area contributed by atoms with Crippen LogP contribution in [0.1, 0.15) is 248 Å². The van der Waals surface area contributed by atoms with Gasteiger partial charge in [-0.25, -0.2) is 0 Å². The van der Waals surface area contributed by atoms with Gasteiger partial charge in [-0.15, -0.1) is 0 Å². The molecule has 1 aliphatic heterocycles. The maximum atomic E-state index is 13.8. The van der Waals surface area contributed by atoms with Crippen LogP contribution in [-0.4, -0.2) is 176 Å². The van der Waals surface area contributed by atoms with Crippen molar-refractivity contribution in [1.29, 1.82) is 0 Å². The first kappa shape index (κ1) is 144. The molecule has 7 aliphatic rings. The molecule has 0 spiro atoms. The van der Waals surface area contributed by atoms with Crippen LogP contribution in [0.15, 0.2) is 0 Å². The number of epoxide rings is 1. The summed E-state index contributed by atoms with van der Waals surface area (Å²) >= 11 is 0. The van der Waals surface area contributed by atoms with Crippen molar-refractivity contribution >= 4 is 42.6 Å². The number of aliphatic hydroxyl groups excluding tert-OH is 3. The average molecular weight is 2020 g/mol. The van der Waals surface area contributed by atoms with E-state index in [1.807, 2.05) is 0 Å². The number of hydrogen-bond acceptors (Lipinski definition) is 9. The number of fused-ring (bicyclic) bond motifs is 1. The van der Waals surface area contributed by atoms with Gasteiger partial charge in [-0.1, -0.05) is 131 Å². The molecule has 736 valence electrons. The normalized spacial score (nSPS) is 29.3. The average Bonchev–Trinajstić information content (AvgIpc) is 1.48. The number of ether oxygens (including phenoxy) is 6. The van der Waals surface area contributed by atoms with E-state index in [-0.39, 0.29) is 312 Å². The minimum Gasteiger partial charge on any atom is -0.394 e. The molecule has 3 N–H and O–H groups in total. The molecule has 0 radical (unpaired) electrons. The Kier molecular flexibility index (Phi) is 69.0. The van der Waals surface area contributed by atoms with E-state index in [1.165, 1.54) is 64.2 Å². The number of aliphatic hydroxyl groups is 3. The molecule has 10 nitrogen and oxygen atoms in total. The van der Waals surface area contributed by atoms with Gasteiger partial charge >= 0.3 is 117 Å². The molecule has 49 heteroatoms. The second kappa shape index (κ2) is 56.6. The monoisotopic (exact) mass is 2010 g/mol. The Hall–Kier alpha value is 5.36. The molecule has 7 rings (SSSR count). The first-order chi connectivity index (χ1) is 47.8. The van der Waals surface area contributed by atoms with Gasteiger partial charge in [0, 0.05) is 221 Å².